The molecule has 0 aliphatic heterocycles. The summed E-state index contributed by atoms with van der Waals surface area (Å²) in [7, 11) is -10.7. The number of nitrogens with zero attached hydrogens (tertiary/aromatic N) is 1. The summed E-state index contributed by atoms with van der Waals surface area (Å²) in [6, 6.07) is 0. The van der Waals surface area contributed by atoms with E-state index >= 15 is 0 Å². The zero-order chi connectivity index (χ0) is 13.3. The second-order valence-corrected chi connectivity index (χ2v) is 8.31. The summed E-state index contributed by atoms with van der Waals surface area (Å²) in [5.41, 5.74) is 1.46. The van der Waals surface area contributed by atoms with Crippen LogP contribution < -0.4 is 0 Å². The molecule has 1 aromatic rings. The van der Waals surface area contributed by atoms with Crippen LogP contribution in [0.25, 0.3) is 0 Å². The molecule has 0 fully saturated rings. The van der Waals surface area contributed by atoms with Crippen LogP contribution in [0.3, 0.4) is 0 Å². The summed E-state index contributed by atoms with van der Waals surface area (Å²) in [6.45, 7) is 0. The highest BCUT2D eigenvalue weighted by Gasteiger charge is 2.58. The minimum absolute atomic E-state index is 0.0859. The quantitative estimate of drug-likeness (QED) is 0.480. The van der Waals surface area contributed by atoms with Crippen LogP contribution in [0.2, 0.25) is 0 Å². The molecular formula is C6H11NO7P2S. The van der Waals surface area contributed by atoms with Crippen LogP contribution in [-0.4, -0.2) is 34.7 Å². The monoisotopic (exact) mass is 303 g/mol. The molecule has 1 rings (SSSR count). The zero-order valence-electron chi connectivity index (χ0n) is 8.37. The molecule has 0 aliphatic carbocycles. The number of aryl methyl sites for hydroxylation is 1. The Hall–Kier alpha value is -0.110. The van der Waals surface area contributed by atoms with Crippen LogP contribution in [0.1, 0.15) is 11.3 Å². The van der Waals surface area contributed by atoms with Crippen molar-refractivity contribution in [2.45, 2.75) is 17.9 Å². The lowest BCUT2D eigenvalue weighted by Crippen LogP contribution is -2.29. The molecule has 0 saturated heterocycles. The Morgan fingerprint density at radius 2 is 1.76 bits per heavy atom. The van der Waals surface area contributed by atoms with Crippen LogP contribution in [0.5, 0.6) is 0 Å². The molecular weight excluding hydrogens is 292 g/mol. The van der Waals surface area contributed by atoms with Gasteiger partial charge in [-0.15, -0.1) is 11.3 Å². The van der Waals surface area contributed by atoms with Crippen molar-refractivity contribution in [2.24, 2.45) is 0 Å². The first kappa shape index (κ1) is 14.9. The van der Waals surface area contributed by atoms with Gasteiger partial charge < -0.3 is 24.7 Å². The Morgan fingerprint density at radius 1 is 1.24 bits per heavy atom. The molecule has 11 heteroatoms. The first-order valence-electron chi connectivity index (χ1n) is 4.29. The van der Waals surface area contributed by atoms with Gasteiger partial charge in [-0.05, 0) is 6.42 Å². The highest BCUT2D eigenvalue weighted by Crippen LogP contribution is 2.69. The maximum Gasteiger partial charge on any atom is 0.369 e. The Labute approximate surface area is 100 Å². The van der Waals surface area contributed by atoms with Crippen LogP contribution >= 0.6 is 26.5 Å². The third-order valence-electron chi connectivity index (χ3n) is 2.12. The van der Waals surface area contributed by atoms with E-state index < -0.39 is 26.7 Å². The molecule has 0 aliphatic rings. The third-order valence-corrected chi connectivity index (χ3v) is 6.84. The molecule has 0 bridgehead atoms. The van der Waals surface area contributed by atoms with Gasteiger partial charge in [0.25, 0.3) is 5.08 Å². The second-order valence-electron chi connectivity index (χ2n) is 3.33. The highest BCUT2D eigenvalue weighted by molar-refractivity contribution is 7.72. The fourth-order valence-electron chi connectivity index (χ4n) is 1.12. The van der Waals surface area contributed by atoms with Crippen LogP contribution in [0.4, 0.5) is 0 Å². The molecule has 17 heavy (non-hydrogen) atoms. The summed E-state index contributed by atoms with van der Waals surface area (Å²) < 4.78 is 22.0. The third kappa shape index (κ3) is 3.21. The molecule has 8 nitrogen and oxygen atoms in total. The summed E-state index contributed by atoms with van der Waals surface area (Å²) in [6.07, 6.45) is 0.561. The van der Waals surface area contributed by atoms with Crippen molar-refractivity contribution in [1.29, 1.82) is 0 Å². The summed E-state index contributed by atoms with van der Waals surface area (Å²) in [5.74, 6) is 0. The van der Waals surface area contributed by atoms with Crippen LogP contribution in [0.15, 0.2) is 11.7 Å². The molecule has 5 N–H and O–H groups in total. The number of rotatable bonds is 5. The molecule has 0 amide bonds. The van der Waals surface area contributed by atoms with Gasteiger partial charge in [-0.25, -0.2) is 0 Å². The van der Waals surface area contributed by atoms with Crippen molar-refractivity contribution in [2.75, 3.05) is 0 Å². The SMILES string of the molecule is O=P(O)(O)C(O)(CCc1cncs1)P(=O)(O)O. The van der Waals surface area contributed by atoms with Crippen molar-refractivity contribution in [3.63, 3.8) is 0 Å². The fourth-order valence-corrected chi connectivity index (χ4v) is 3.88. The lowest BCUT2D eigenvalue weighted by atomic mass is 10.3. The lowest BCUT2D eigenvalue weighted by Gasteiger charge is -2.28. The molecule has 0 radical (unpaired) electrons. The first-order valence-corrected chi connectivity index (χ1v) is 8.39. The number of aliphatic hydroxyl groups is 1. The predicted molar refractivity (Wildman–Crippen MR) is 59.5 cm³/mol. The van der Waals surface area contributed by atoms with Gasteiger partial charge in [0, 0.05) is 17.5 Å². The van der Waals surface area contributed by atoms with E-state index in [1.54, 1.807) is 0 Å². The van der Waals surface area contributed by atoms with Crippen molar-refractivity contribution in [3.8, 4) is 0 Å². The fraction of sp³-hybridized carbons (Fsp3) is 0.500. The standard InChI is InChI=1S/C6H11NO7P2S/c8-6(15(9,10)11,16(12,13)14)2-1-5-3-7-4-17-5/h3-4,8H,1-2H2,(H2,9,10,11)(H2,12,13,14). The van der Waals surface area contributed by atoms with Gasteiger partial charge in [-0.2, -0.15) is 0 Å². The van der Waals surface area contributed by atoms with Crippen molar-refractivity contribution < 1.29 is 33.8 Å². The van der Waals surface area contributed by atoms with E-state index in [4.69, 9.17) is 19.6 Å². The molecule has 0 aromatic carbocycles. The number of hydrogen-bond donors (Lipinski definition) is 5. The maximum atomic E-state index is 11.0. The number of hydrogen-bond acceptors (Lipinski definition) is 5. The van der Waals surface area contributed by atoms with E-state index in [2.05, 4.69) is 4.98 Å². The van der Waals surface area contributed by atoms with E-state index in [9.17, 15) is 14.2 Å². The maximum absolute atomic E-state index is 11.0. The van der Waals surface area contributed by atoms with Gasteiger partial charge in [0.2, 0.25) is 0 Å². The molecule has 0 spiro atoms. The predicted octanol–water partition coefficient (Wildman–Crippen LogP) is 0.0772. The first-order chi connectivity index (χ1) is 7.58. The summed E-state index contributed by atoms with van der Waals surface area (Å²) >= 11 is 1.16. The Kier molecular flexibility index (Phi) is 4.28. The van der Waals surface area contributed by atoms with E-state index in [0.717, 1.165) is 11.3 Å². The highest BCUT2D eigenvalue weighted by atomic mass is 32.1. The van der Waals surface area contributed by atoms with Crippen LogP contribution in [0, 0.1) is 0 Å². The summed E-state index contributed by atoms with van der Waals surface area (Å²) in [4.78, 5) is 39.7. The van der Waals surface area contributed by atoms with Gasteiger partial charge in [0.15, 0.2) is 0 Å². The zero-order valence-corrected chi connectivity index (χ0v) is 11.0. The Morgan fingerprint density at radius 3 is 2.12 bits per heavy atom. The minimum atomic E-state index is -5.35. The van der Waals surface area contributed by atoms with Crippen molar-refractivity contribution in [3.05, 3.63) is 16.6 Å². The average molecular weight is 303 g/mol. The molecule has 98 valence electrons. The van der Waals surface area contributed by atoms with E-state index in [1.807, 2.05) is 0 Å². The summed E-state index contributed by atoms with van der Waals surface area (Å²) in [5, 5.41) is 6.20. The molecule has 1 aromatic heterocycles. The van der Waals surface area contributed by atoms with Gasteiger partial charge in [0.1, 0.15) is 0 Å². The van der Waals surface area contributed by atoms with Crippen molar-refractivity contribution >= 4 is 26.5 Å². The van der Waals surface area contributed by atoms with E-state index in [-0.39, 0.29) is 6.42 Å². The lowest BCUT2D eigenvalue weighted by molar-refractivity contribution is 0.123. The minimum Gasteiger partial charge on any atom is -0.368 e. The Balaban J connectivity index is 2.94. The largest absolute Gasteiger partial charge is 0.369 e. The van der Waals surface area contributed by atoms with Crippen molar-refractivity contribution in [1.82, 2.24) is 4.98 Å². The number of thiazole rings is 1. The van der Waals surface area contributed by atoms with Gasteiger partial charge in [-0.3, -0.25) is 14.1 Å². The number of aromatic nitrogens is 1. The Bertz CT molecular complexity index is 441. The normalized spacial score (nSPS) is 13.9. The molecule has 0 atom stereocenters. The average Bonchev–Trinajstić information content (AvgIpc) is 2.62. The molecule has 1 heterocycles. The van der Waals surface area contributed by atoms with Gasteiger partial charge >= 0.3 is 15.2 Å². The van der Waals surface area contributed by atoms with Gasteiger partial charge in [-0.1, -0.05) is 0 Å². The van der Waals surface area contributed by atoms with Gasteiger partial charge in [0.05, 0.1) is 5.51 Å². The molecule has 0 unspecified atom stereocenters. The van der Waals surface area contributed by atoms with E-state index in [1.165, 1.54) is 11.7 Å². The molecule has 0 saturated carbocycles. The topological polar surface area (TPSA) is 148 Å². The second kappa shape index (κ2) is 4.87. The smallest absolute Gasteiger partial charge is 0.368 e. The van der Waals surface area contributed by atoms with E-state index in [0.29, 0.717) is 4.88 Å². The van der Waals surface area contributed by atoms with Crippen LogP contribution in [-0.2, 0) is 15.6 Å².